The Morgan fingerprint density at radius 1 is 1.43 bits per heavy atom. The van der Waals surface area contributed by atoms with Crippen LogP contribution in [0.1, 0.15) is 5.69 Å². The summed E-state index contributed by atoms with van der Waals surface area (Å²) in [5, 5.41) is 6.73. The van der Waals surface area contributed by atoms with E-state index in [1.54, 1.807) is 29.2 Å². The van der Waals surface area contributed by atoms with Gasteiger partial charge >= 0.3 is 6.09 Å². The van der Waals surface area contributed by atoms with Gasteiger partial charge in [0.25, 0.3) is 0 Å². The molecular formula is C19H19FN6O3S. The molecule has 3 heterocycles. The number of thiol groups is 1. The zero-order chi connectivity index (χ0) is 21.1. The number of anilines is 1. The number of rotatable bonds is 7. The van der Waals surface area contributed by atoms with Crippen LogP contribution in [0.2, 0.25) is 0 Å². The number of aromatic nitrogens is 4. The van der Waals surface area contributed by atoms with E-state index < -0.39 is 18.0 Å². The normalized spacial score (nSPS) is 16.0. The number of imidazole rings is 1. The van der Waals surface area contributed by atoms with Gasteiger partial charge in [-0.15, -0.1) is 0 Å². The van der Waals surface area contributed by atoms with Gasteiger partial charge in [0, 0.05) is 18.6 Å². The molecule has 30 heavy (non-hydrogen) atoms. The van der Waals surface area contributed by atoms with Crippen molar-refractivity contribution in [3.05, 3.63) is 54.4 Å². The van der Waals surface area contributed by atoms with Crippen LogP contribution >= 0.6 is 12.6 Å². The Hall–Kier alpha value is -3.34. The maximum Gasteiger partial charge on any atom is 0.414 e. The summed E-state index contributed by atoms with van der Waals surface area (Å²) >= 11 is 3.88. The van der Waals surface area contributed by atoms with Gasteiger partial charge in [-0.05, 0) is 24.3 Å². The minimum Gasteiger partial charge on any atom is -0.442 e. The number of ether oxygens (including phenoxy) is 1. The van der Waals surface area contributed by atoms with Crippen molar-refractivity contribution in [2.75, 3.05) is 23.7 Å². The molecule has 1 aliphatic heterocycles. The lowest BCUT2D eigenvalue weighted by Gasteiger charge is -2.14. The number of amides is 2. The van der Waals surface area contributed by atoms with E-state index in [0.29, 0.717) is 23.8 Å². The average Bonchev–Trinajstić information content (AvgIpc) is 3.48. The van der Waals surface area contributed by atoms with Gasteiger partial charge in [-0.3, -0.25) is 14.4 Å². The van der Waals surface area contributed by atoms with Gasteiger partial charge in [-0.25, -0.2) is 14.2 Å². The first-order valence-corrected chi connectivity index (χ1v) is 9.84. The maximum atomic E-state index is 14.8. The third kappa shape index (κ3) is 4.30. The zero-order valence-electron chi connectivity index (χ0n) is 15.8. The van der Waals surface area contributed by atoms with Crippen LogP contribution in [0, 0.1) is 5.82 Å². The fraction of sp³-hybridized carbons (Fsp3) is 0.263. The van der Waals surface area contributed by atoms with Crippen LogP contribution in [0.5, 0.6) is 0 Å². The van der Waals surface area contributed by atoms with Crippen molar-refractivity contribution < 1.29 is 18.7 Å². The fourth-order valence-electron chi connectivity index (χ4n) is 3.12. The summed E-state index contributed by atoms with van der Waals surface area (Å²) in [6.07, 6.45) is 4.08. The standard InChI is InChI=1S/C19H19FN6O3S/c20-16-6-13(26-10-14(29-19(26)28)8-21-17(27)11-30)2-3-15(16)18-22-7-12(24-18)9-25-5-1-4-23-25/h1-7,14,30H,8-11H2,(H,21,27)(H,22,24). The van der Waals surface area contributed by atoms with Crippen molar-refractivity contribution in [1.29, 1.82) is 0 Å². The molecule has 1 aliphatic rings. The highest BCUT2D eigenvalue weighted by Gasteiger charge is 2.33. The minimum absolute atomic E-state index is 0.0491. The molecule has 1 atom stereocenters. The molecule has 9 nitrogen and oxygen atoms in total. The number of nitrogens with one attached hydrogen (secondary N) is 2. The molecule has 2 N–H and O–H groups in total. The zero-order valence-corrected chi connectivity index (χ0v) is 16.7. The van der Waals surface area contributed by atoms with Crippen molar-refractivity contribution in [2.24, 2.45) is 0 Å². The lowest BCUT2D eigenvalue weighted by atomic mass is 10.1. The topological polar surface area (TPSA) is 105 Å². The summed E-state index contributed by atoms with van der Waals surface area (Å²) in [6.45, 7) is 0.848. The van der Waals surface area contributed by atoms with Gasteiger partial charge < -0.3 is 15.0 Å². The summed E-state index contributed by atoms with van der Waals surface area (Å²) in [5.74, 6) is -0.341. The first kappa shape index (κ1) is 20.0. The van der Waals surface area contributed by atoms with E-state index in [2.05, 4.69) is 33.0 Å². The number of halogens is 1. The summed E-state index contributed by atoms with van der Waals surface area (Å²) in [6, 6.07) is 6.27. The van der Waals surface area contributed by atoms with E-state index in [9.17, 15) is 14.0 Å². The van der Waals surface area contributed by atoms with Gasteiger partial charge in [0.15, 0.2) is 0 Å². The summed E-state index contributed by atoms with van der Waals surface area (Å²) in [7, 11) is 0. The maximum absolute atomic E-state index is 14.8. The number of nitrogens with zero attached hydrogens (tertiary/aromatic N) is 4. The number of H-pyrrole nitrogens is 1. The molecular weight excluding hydrogens is 411 g/mol. The van der Waals surface area contributed by atoms with E-state index in [-0.39, 0.29) is 30.3 Å². The first-order valence-electron chi connectivity index (χ1n) is 9.21. The Labute approximate surface area is 176 Å². The number of hydrogen-bond donors (Lipinski definition) is 3. The molecule has 156 valence electrons. The van der Waals surface area contributed by atoms with E-state index in [0.717, 1.165) is 0 Å². The molecule has 1 fully saturated rings. The SMILES string of the molecule is O=C(CS)NCC1CN(c2ccc(-c3nc(Cn4cccn4)c[nH]3)c(F)c2)C(=O)O1. The van der Waals surface area contributed by atoms with Crippen LogP contribution in [-0.4, -0.2) is 56.7 Å². The number of benzene rings is 1. The highest BCUT2D eigenvalue weighted by Crippen LogP contribution is 2.27. The van der Waals surface area contributed by atoms with Gasteiger partial charge in [0.2, 0.25) is 5.91 Å². The molecule has 11 heteroatoms. The number of aromatic amines is 1. The van der Waals surface area contributed by atoms with E-state index in [1.807, 2.05) is 12.3 Å². The predicted molar refractivity (Wildman–Crippen MR) is 110 cm³/mol. The lowest BCUT2D eigenvalue weighted by Crippen LogP contribution is -2.35. The third-order valence-electron chi connectivity index (χ3n) is 4.58. The quantitative estimate of drug-likeness (QED) is 0.496. The molecule has 0 bridgehead atoms. The highest BCUT2D eigenvalue weighted by atomic mass is 32.1. The van der Waals surface area contributed by atoms with Crippen molar-refractivity contribution >= 4 is 30.3 Å². The van der Waals surface area contributed by atoms with E-state index in [1.165, 1.54) is 11.0 Å². The summed E-state index contributed by atoms with van der Waals surface area (Å²) in [4.78, 5) is 32.2. The second-order valence-corrected chi connectivity index (χ2v) is 7.00. The van der Waals surface area contributed by atoms with Crippen LogP contribution in [0.3, 0.4) is 0 Å². The minimum atomic E-state index is -0.591. The predicted octanol–water partition coefficient (Wildman–Crippen LogP) is 1.83. The molecule has 1 unspecified atom stereocenters. The van der Waals surface area contributed by atoms with Crippen molar-refractivity contribution in [1.82, 2.24) is 25.1 Å². The molecule has 0 saturated carbocycles. The fourth-order valence-corrected chi connectivity index (χ4v) is 3.24. The van der Waals surface area contributed by atoms with Crippen LogP contribution in [0.25, 0.3) is 11.4 Å². The largest absolute Gasteiger partial charge is 0.442 e. The summed E-state index contributed by atoms with van der Waals surface area (Å²) in [5.41, 5.74) is 1.37. The number of carbonyl (C=O) groups is 2. The Balaban J connectivity index is 1.45. The second-order valence-electron chi connectivity index (χ2n) is 6.69. The van der Waals surface area contributed by atoms with E-state index >= 15 is 0 Å². The molecule has 0 spiro atoms. The Bertz CT molecular complexity index is 1050. The molecule has 0 aliphatic carbocycles. The molecule has 1 saturated heterocycles. The van der Waals surface area contributed by atoms with Gasteiger partial charge in [-0.1, -0.05) is 0 Å². The molecule has 2 amide bonds. The molecule has 1 aromatic carbocycles. The smallest absolute Gasteiger partial charge is 0.414 e. The molecule has 3 aromatic rings. The number of carbonyl (C=O) groups excluding carboxylic acids is 2. The Kier molecular flexibility index (Phi) is 5.70. The van der Waals surface area contributed by atoms with Crippen molar-refractivity contribution in [3.8, 4) is 11.4 Å². The van der Waals surface area contributed by atoms with Crippen LogP contribution in [0.4, 0.5) is 14.9 Å². The molecule has 2 aromatic heterocycles. The lowest BCUT2D eigenvalue weighted by molar-refractivity contribution is -0.118. The van der Waals surface area contributed by atoms with Crippen LogP contribution < -0.4 is 10.2 Å². The Morgan fingerprint density at radius 2 is 2.30 bits per heavy atom. The average molecular weight is 430 g/mol. The van der Waals surface area contributed by atoms with Crippen molar-refractivity contribution in [2.45, 2.75) is 12.6 Å². The Morgan fingerprint density at radius 3 is 3.03 bits per heavy atom. The highest BCUT2D eigenvalue weighted by molar-refractivity contribution is 7.81. The van der Waals surface area contributed by atoms with Gasteiger partial charge in [-0.2, -0.15) is 17.7 Å². The van der Waals surface area contributed by atoms with Gasteiger partial charge in [0.05, 0.1) is 42.3 Å². The van der Waals surface area contributed by atoms with Crippen LogP contribution in [-0.2, 0) is 16.1 Å². The monoisotopic (exact) mass is 430 g/mol. The first-order chi connectivity index (χ1) is 14.5. The second kappa shape index (κ2) is 8.57. The van der Waals surface area contributed by atoms with Gasteiger partial charge in [0.1, 0.15) is 17.7 Å². The van der Waals surface area contributed by atoms with Crippen LogP contribution in [0.15, 0.2) is 42.9 Å². The third-order valence-corrected chi connectivity index (χ3v) is 4.87. The molecule has 0 radical (unpaired) electrons. The van der Waals surface area contributed by atoms with Crippen molar-refractivity contribution in [3.63, 3.8) is 0 Å². The van der Waals surface area contributed by atoms with E-state index in [4.69, 9.17) is 4.74 Å². The molecule has 4 rings (SSSR count). The number of cyclic esters (lactones) is 1. The number of hydrogen-bond acceptors (Lipinski definition) is 6. The summed E-state index contributed by atoms with van der Waals surface area (Å²) < 4.78 is 21.7.